The van der Waals surface area contributed by atoms with Gasteiger partial charge < -0.3 is 18.9 Å². The van der Waals surface area contributed by atoms with Gasteiger partial charge in [-0.2, -0.15) is 0 Å². The van der Waals surface area contributed by atoms with Gasteiger partial charge >= 0.3 is 0 Å². The molecule has 6 heteroatoms. The van der Waals surface area contributed by atoms with Crippen molar-refractivity contribution >= 4 is 5.91 Å². The van der Waals surface area contributed by atoms with Gasteiger partial charge in [-0.15, -0.1) is 0 Å². The molecule has 1 aliphatic heterocycles. The Kier molecular flexibility index (Phi) is 5.26. The van der Waals surface area contributed by atoms with E-state index < -0.39 is 0 Å². The van der Waals surface area contributed by atoms with Crippen LogP contribution in [-0.4, -0.2) is 36.7 Å². The second-order valence-electron chi connectivity index (χ2n) is 6.27. The molecule has 0 spiro atoms. The first kappa shape index (κ1) is 17.3. The summed E-state index contributed by atoms with van der Waals surface area (Å²) in [5.74, 6) is 1.67. The second-order valence-corrected chi connectivity index (χ2v) is 6.27. The molecule has 2 aromatic rings. The zero-order chi connectivity index (χ0) is 17.8. The molecular formula is C19H24N2O4. The third-order valence-electron chi connectivity index (χ3n) is 4.63. The molecule has 1 saturated heterocycles. The molecule has 1 aromatic carbocycles. The van der Waals surface area contributed by atoms with E-state index in [0.717, 1.165) is 37.1 Å². The van der Waals surface area contributed by atoms with Crippen LogP contribution in [0.4, 0.5) is 0 Å². The summed E-state index contributed by atoms with van der Waals surface area (Å²) >= 11 is 0. The summed E-state index contributed by atoms with van der Waals surface area (Å²) < 4.78 is 16.3. The molecule has 1 aromatic heterocycles. The molecule has 0 unspecified atom stereocenters. The number of ether oxygens (including phenoxy) is 2. The minimum Gasteiger partial charge on any atom is -0.496 e. The topological polar surface area (TPSA) is 64.8 Å². The fourth-order valence-electron chi connectivity index (χ4n) is 3.39. The molecule has 134 valence electrons. The Morgan fingerprint density at radius 1 is 1.20 bits per heavy atom. The Labute approximate surface area is 147 Å². The summed E-state index contributed by atoms with van der Waals surface area (Å²) in [6.45, 7) is 2.56. The van der Waals surface area contributed by atoms with Crippen LogP contribution in [0.5, 0.6) is 11.5 Å². The molecule has 25 heavy (non-hydrogen) atoms. The van der Waals surface area contributed by atoms with Crippen LogP contribution in [0.1, 0.15) is 53.5 Å². The second kappa shape index (κ2) is 7.59. The minimum absolute atomic E-state index is 0.102. The number of aromatic nitrogens is 1. The number of likely N-dealkylation sites (tertiary alicyclic amines) is 1. The number of methoxy groups -OCH3 is 2. The van der Waals surface area contributed by atoms with Gasteiger partial charge in [-0.3, -0.25) is 4.79 Å². The lowest BCUT2D eigenvalue weighted by molar-refractivity contribution is 0.0644. The third kappa shape index (κ3) is 3.48. The van der Waals surface area contributed by atoms with Crippen LogP contribution in [0.3, 0.4) is 0 Å². The van der Waals surface area contributed by atoms with Crippen molar-refractivity contribution in [2.45, 2.75) is 38.6 Å². The molecule has 0 radical (unpaired) electrons. The summed E-state index contributed by atoms with van der Waals surface area (Å²) in [4.78, 5) is 15.3. The maximum absolute atomic E-state index is 13.4. The normalized spacial score (nSPS) is 17.9. The number of carbonyl (C=O) groups is 1. The van der Waals surface area contributed by atoms with Gasteiger partial charge in [0.25, 0.3) is 5.91 Å². The largest absolute Gasteiger partial charge is 0.496 e. The summed E-state index contributed by atoms with van der Waals surface area (Å²) in [5.41, 5.74) is 1.28. The average Bonchev–Trinajstić information content (AvgIpc) is 2.92. The van der Waals surface area contributed by atoms with Crippen LogP contribution in [0, 0.1) is 6.92 Å². The number of benzene rings is 1. The van der Waals surface area contributed by atoms with E-state index in [9.17, 15) is 4.79 Å². The van der Waals surface area contributed by atoms with Gasteiger partial charge in [0.2, 0.25) is 0 Å². The van der Waals surface area contributed by atoms with Crippen molar-refractivity contribution in [3.8, 4) is 11.5 Å². The highest BCUT2D eigenvalue weighted by molar-refractivity contribution is 6.00. The molecule has 6 nitrogen and oxygen atoms in total. The highest BCUT2D eigenvalue weighted by Gasteiger charge is 2.33. The SMILES string of the molecule is COc1cccc(OC)c1C(=O)N1CCCCC[C@H]1c1cc(C)no1. The van der Waals surface area contributed by atoms with E-state index in [-0.39, 0.29) is 11.9 Å². The summed E-state index contributed by atoms with van der Waals surface area (Å²) in [5, 5.41) is 3.99. The zero-order valence-corrected chi connectivity index (χ0v) is 14.9. The van der Waals surface area contributed by atoms with E-state index in [4.69, 9.17) is 14.0 Å². The lowest BCUT2D eigenvalue weighted by atomic mass is 10.0. The fraction of sp³-hybridized carbons (Fsp3) is 0.474. The van der Waals surface area contributed by atoms with E-state index in [1.54, 1.807) is 26.4 Å². The summed E-state index contributed by atoms with van der Waals surface area (Å²) in [6, 6.07) is 7.16. The van der Waals surface area contributed by atoms with Crippen molar-refractivity contribution in [3.05, 3.63) is 41.3 Å². The number of hydrogen-bond acceptors (Lipinski definition) is 5. The highest BCUT2D eigenvalue weighted by atomic mass is 16.5. The van der Waals surface area contributed by atoms with Crippen molar-refractivity contribution in [3.63, 3.8) is 0 Å². The van der Waals surface area contributed by atoms with Gasteiger partial charge in [0.05, 0.1) is 26.0 Å². The lowest BCUT2D eigenvalue weighted by Crippen LogP contribution is -2.35. The van der Waals surface area contributed by atoms with Crippen molar-refractivity contribution in [1.29, 1.82) is 0 Å². The van der Waals surface area contributed by atoms with Gasteiger partial charge in [-0.05, 0) is 31.9 Å². The molecule has 1 fully saturated rings. The molecule has 0 bridgehead atoms. The Hall–Kier alpha value is -2.50. The quantitative estimate of drug-likeness (QED) is 0.845. The van der Waals surface area contributed by atoms with Crippen molar-refractivity contribution in [1.82, 2.24) is 10.1 Å². The van der Waals surface area contributed by atoms with Crippen molar-refractivity contribution in [2.24, 2.45) is 0 Å². The van der Waals surface area contributed by atoms with Gasteiger partial charge in [0, 0.05) is 12.6 Å². The van der Waals surface area contributed by atoms with Crippen LogP contribution in [-0.2, 0) is 0 Å². The predicted molar refractivity (Wildman–Crippen MR) is 93.0 cm³/mol. The number of rotatable bonds is 4. The molecule has 3 rings (SSSR count). The first-order valence-electron chi connectivity index (χ1n) is 8.61. The van der Waals surface area contributed by atoms with E-state index in [2.05, 4.69) is 5.16 Å². The molecule has 1 amide bonds. The van der Waals surface area contributed by atoms with Crippen molar-refractivity contribution in [2.75, 3.05) is 20.8 Å². The standard InChI is InChI=1S/C19H24N2O4/c1-13-12-17(25-20-13)14-8-5-4-6-11-21(14)19(22)18-15(23-2)9-7-10-16(18)24-3/h7,9-10,12,14H,4-6,8,11H2,1-3H3/t14-/m0/s1. The van der Waals surface area contributed by atoms with Gasteiger partial charge in [0.1, 0.15) is 17.1 Å². The van der Waals surface area contributed by atoms with E-state index in [0.29, 0.717) is 23.6 Å². The average molecular weight is 344 g/mol. The van der Waals surface area contributed by atoms with E-state index in [1.807, 2.05) is 24.0 Å². The fourth-order valence-corrected chi connectivity index (χ4v) is 3.39. The minimum atomic E-state index is -0.120. The predicted octanol–water partition coefficient (Wildman–Crippen LogP) is 3.76. The van der Waals surface area contributed by atoms with Crippen LogP contribution in [0.15, 0.2) is 28.8 Å². The Balaban J connectivity index is 2.01. The van der Waals surface area contributed by atoms with Crippen molar-refractivity contribution < 1.29 is 18.8 Å². The third-order valence-corrected chi connectivity index (χ3v) is 4.63. The number of aryl methyl sites for hydroxylation is 1. The van der Waals surface area contributed by atoms with Crippen LogP contribution >= 0.6 is 0 Å². The van der Waals surface area contributed by atoms with Gasteiger partial charge in [-0.25, -0.2) is 0 Å². The van der Waals surface area contributed by atoms with Crippen LogP contribution in [0.25, 0.3) is 0 Å². The Morgan fingerprint density at radius 3 is 2.52 bits per heavy atom. The maximum atomic E-state index is 13.4. The molecule has 2 heterocycles. The summed E-state index contributed by atoms with van der Waals surface area (Å²) in [6.07, 6.45) is 3.97. The van der Waals surface area contributed by atoms with Gasteiger partial charge in [0.15, 0.2) is 5.76 Å². The first-order valence-corrected chi connectivity index (χ1v) is 8.61. The van der Waals surface area contributed by atoms with Crippen LogP contribution in [0.2, 0.25) is 0 Å². The zero-order valence-electron chi connectivity index (χ0n) is 14.9. The molecule has 1 atom stereocenters. The number of nitrogens with zero attached hydrogens (tertiary/aromatic N) is 2. The smallest absolute Gasteiger partial charge is 0.262 e. The molecule has 0 saturated carbocycles. The highest BCUT2D eigenvalue weighted by Crippen LogP contribution is 2.36. The Morgan fingerprint density at radius 2 is 1.92 bits per heavy atom. The monoisotopic (exact) mass is 344 g/mol. The number of carbonyl (C=O) groups excluding carboxylic acids is 1. The van der Waals surface area contributed by atoms with E-state index in [1.165, 1.54) is 0 Å². The lowest BCUT2D eigenvalue weighted by Gasteiger charge is -2.29. The molecule has 1 aliphatic rings. The number of hydrogen-bond donors (Lipinski definition) is 0. The molecular weight excluding hydrogens is 320 g/mol. The summed E-state index contributed by atoms with van der Waals surface area (Å²) in [7, 11) is 3.12. The van der Waals surface area contributed by atoms with E-state index >= 15 is 0 Å². The Bertz CT molecular complexity index is 719. The molecule has 0 aliphatic carbocycles. The molecule has 0 N–H and O–H groups in total. The van der Waals surface area contributed by atoms with Crippen LogP contribution < -0.4 is 9.47 Å². The maximum Gasteiger partial charge on any atom is 0.262 e. The first-order chi connectivity index (χ1) is 12.2. The number of amides is 1. The van der Waals surface area contributed by atoms with Gasteiger partial charge in [-0.1, -0.05) is 24.1 Å².